The minimum absolute atomic E-state index is 0.143. The first kappa shape index (κ1) is 17.4. The molecule has 1 aromatic heterocycles. The summed E-state index contributed by atoms with van der Waals surface area (Å²) < 4.78 is 5.15. The van der Waals surface area contributed by atoms with E-state index < -0.39 is 6.09 Å². The van der Waals surface area contributed by atoms with Gasteiger partial charge in [0.05, 0.1) is 0 Å². The fourth-order valence-electron chi connectivity index (χ4n) is 2.46. The molecule has 0 saturated heterocycles. The highest BCUT2D eigenvalue weighted by atomic mass is 16.5. The summed E-state index contributed by atoms with van der Waals surface area (Å²) in [6, 6.07) is 17.4. The number of hydrogen-bond acceptors (Lipinski definition) is 4. The van der Waals surface area contributed by atoms with E-state index >= 15 is 0 Å². The van der Waals surface area contributed by atoms with Gasteiger partial charge in [0.2, 0.25) is 0 Å². The van der Waals surface area contributed by atoms with Crippen molar-refractivity contribution in [2.24, 2.45) is 0 Å². The molecule has 0 radical (unpaired) electrons. The van der Waals surface area contributed by atoms with Gasteiger partial charge < -0.3 is 9.72 Å². The van der Waals surface area contributed by atoms with Crippen molar-refractivity contribution >= 4 is 18.2 Å². The van der Waals surface area contributed by atoms with Crippen LogP contribution in [-0.2, 0) is 17.8 Å². The van der Waals surface area contributed by atoms with E-state index in [1.165, 1.54) is 5.56 Å². The lowest BCUT2D eigenvalue weighted by molar-refractivity contribution is 0.112. The molecule has 26 heavy (non-hydrogen) atoms. The highest BCUT2D eigenvalue weighted by Crippen LogP contribution is 2.15. The van der Waals surface area contributed by atoms with Crippen LogP contribution in [0.4, 0.5) is 10.6 Å². The summed E-state index contributed by atoms with van der Waals surface area (Å²) in [6.07, 6.45) is 0.491. The Balaban J connectivity index is 1.63. The number of aromatic nitrogens is 2. The lowest BCUT2D eigenvalue weighted by atomic mass is 10.1. The average Bonchev–Trinajstić information content (AvgIpc) is 3.04. The van der Waals surface area contributed by atoms with Crippen molar-refractivity contribution < 1.29 is 14.3 Å². The maximum absolute atomic E-state index is 12.0. The molecule has 0 spiro atoms. The SMILES string of the molecule is Cc1ccc(Cc2nc(NC(=O)OCc3ccccc3)c(C=O)[nH]2)cc1. The molecule has 0 atom stereocenters. The lowest BCUT2D eigenvalue weighted by Gasteiger charge is -2.05. The van der Waals surface area contributed by atoms with Gasteiger partial charge in [0.1, 0.15) is 18.1 Å². The number of aldehydes is 1. The first-order chi connectivity index (χ1) is 12.6. The minimum Gasteiger partial charge on any atom is -0.444 e. The number of amides is 1. The van der Waals surface area contributed by atoms with Gasteiger partial charge >= 0.3 is 6.09 Å². The molecule has 0 aliphatic heterocycles. The first-order valence-electron chi connectivity index (χ1n) is 8.21. The van der Waals surface area contributed by atoms with Crippen LogP contribution in [0.1, 0.15) is 33.0 Å². The zero-order chi connectivity index (χ0) is 18.4. The summed E-state index contributed by atoms with van der Waals surface area (Å²) in [5, 5.41) is 2.51. The summed E-state index contributed by atoms with van der Waals surface area (Å²) >= 11 is 0. The van der Waals surface area contributed by atoms with E-state index in [1.807, 2.05) is 61.5 Å². The number of rotatable bonds is 6. The summed E-state index contributed by atoms with van der Waals surface area (Å²) in [7, 11) is 0. The van der Waals surface area contributed by atoms with Gasteiger partial charge in [-0.2, -0.15) is 0 Å². The molecule has 0 aliphatic carbocycles. The number of anilines is 1. The number of imidazole rings is 1. The number of nitrogens with zero attached hydrogens (tertiary/aromatic N) is 1. The fraction of sp³-hybridized carbons (Fsp3) is 0.150. The molecule has 0 fully saturated rings. The van der Waals surface area contributed by atoms with E-state index in [9.17, 15) is 9.59 Å². The van der Waals surface area contributed by atoms with Crippen LogP contribution in [0.25, 0.3) is 0 Å². The monoisotopic (exact) mass is 349 g/mol. The highest BCUT2D eigenvalue weighted by molar-refractivity contribution is 5.90. The van der Waals surface area contributed by atoms with E-state index in [0.717, 1.165) is 11.1 Å². The molecule has 1 heterocycles. The molecule has 2 aromatic carbocycles. The molecule has 6 heteroatoms. The predicted molar refractivity (Wildman–Crippen MR) is 98.2 cm³/mol. The van der Waals surface area contributed by atoms with E-state index in [0.29, 0.717) is 18.5 Å². The Morgan fingerprint density at radius 2 is 1.85 bits per heavy atom. The van der Waals surface area contributed by atoms with Crippen LogP contribution < -0.4 is 5.32 Å². The van der Waals surface area contributed by atoms with Crippen LogP contribution in [0.3, 0.4) is 0 Å². The normalized spacial score (nSPS) is 10.3. The third kappa shape index (κ3) is 4.57. The molecule has 3 rings (SSSR count). The van der Waals surface area contributed by atoms with Gasteiger partial charge in [-0.25, -0.2) is 9.78 Å². The van der Waals surface area contributed by atoms with Crippen LogP contribution in [0.15, 0.2) is 54.6 Å². The van der Waals surface area contributed by atoms with Gasteiger partial charge in [-0.15, -0.1) is 0 Å². The second-order valence-corrected chi connectivity index (χ2v) is 5.91. The molecule has 1 amide bonds. The Labute approximate surface area is 151 Å². The Bertz CT molecular complexity index is 886. The van der Waals surface area contributed by atoms with Crippen molar-refractivity contribution in [3.63, 3.8) is 0 Å². The average molecular weight is 349 g/mol. The van der Waals surface area contributed by atoms with Crippen LogP contribution in [0.2, 0.25) is 0 Å². The quantitative estimate of drug-likeness (QED) is 0.662. The van der Waals surface area contributed by atoms with Crippen molar-refractivity contribution in [1.29, 1.82) is 0 Å². The Kier molecular flexibility index (Phi) is 5.43. The summed E-state index contributed by atoms with van der Waals surface area (Å²) in [4.78, 5) is 30.4. The molecule has 132 valence electrons. The summed E-state index contributed by atoms with van der Waals surface area (Å²) in [5.41, 5.74) is 3.31. The maximum atomic E-state index is 12.0. The van der Waals surface area contributed by atoms with Gasteiger partial charge in [-0.05, 0) is 18.1 Å². The number of ether oxygens (including phenoxy) is 1. The third-order valence-corrected chi connectivity index (χ3v) is 3.82. The second kappa shape index (κ2) is 8.11. The first-order valence-corrected chi connectivity index (χ1v) is 8.21. The lowest BCUT2D eigenvalue weighted by Crippen LogP contribution is -2.14. The van der Waals surface area contributed by atoms with Gasteiger partial charge in [0.15, 0.2) is 12.1 Å². The van der Waals surface area contributed by atoms with Crippen molar-refractivity contribution in [3.8, 4) is 0 Å². The minimum atomic E-state index is -0.662. The molecule has 0 aliphatic rings. The van der Waals surface area contributed by atoms with Crippen LogP contribution in [0, 0.1) is 6.92 Å². The van der Waals surface area contributed by atoms with Crippen molar-refractivity contribution in [2.45, 2.75) is 20.0 Å². The largest absolute Gasteiger partial charge is 0.444 e. The Morgan fingerprint density at radius 1 is 1.12 bits per heavy atom. The van der Waals surface area contributed by atoms with Crippen LogP contribution in [-0.4, -0.2) is 22.3 Å². The standard InChI is InChI=1S/C20H19N3O3/c1-14-7-9-15(10-8-14)11-18-21-17(12-24)19(22-18)23-20(25)26-13-16-5-3-2-4-6-16/h2-10,12H,11,13H2,1H3,(H,21,22)(H,23,25). The van der Waals surface area contributed by atoms with Gasteiger partial charge in [-0.3, -0.25) is 10.1 Å². The topological polar surface area (TPSA) is 84.1 Å². The number of benzene rings is 2. The fourth-order valence-corrected chi connectivity index (χ4v) is 2.46. The number of nitrogens with one attached hydrogen (secondary N) is 2. The number of aryl methyl sites for hydroxylation is 1. The van der Waals surface area contributed by atoms with Crippen molar-refractivity contribution in [2.75, 3.05) is 5.32 Å². The molecule has 0 unspecified atom stereocenters. The molecule has 0 bridgehead atoms. The van der Waals surface area contributed by atoms with Crippen molar-refractivity contribution in [3.05, 3.63) is 82.8 Å². The smallest absolute Gasteiger partial charge is 0.413 e. The van der Waals surface area contributed by atoms with E-state index in [1.54, 1.807) is 0 Å². The number of aromatic amines is 1. The molecular formula is C20H19N3O3. The Morgan fingerprint density at radius 3 is 2.54 bits per heavy atom. The number of H-pyrrole nitrogens is 1. The predicted octanol–water partition coefficient (Wildman–Crippen LogP) is 3.87. The molecule has 2 N–H and O–H groups in total. The van der Waals surface area contributed by atoms with E-state index in [2.05, 4.69) is 15.3 Å². The summed E-state index contributed by atoms with van der Waals surface area (Å²) in [6.45, 7) is 2.16. The van der Waals surface area contributed by atoms with E-state index in [-0.39, 0.29) is 18.1 Å². The zero-order valence-electron chi connectivity index (χ0n) is 14.4. The van der Waals surface area contributed by atoms with Gasteiger partial charge in [0, 0.05) is 6.42 Å². The third-order valence-electron chi connectivity index (χ3n) is 3.82. The molecule has 3 aromatic rings. The van der Waals surface area contributed by atoms with Crippen LogP contribution >= 0.6 is 0 Å². The van der Waals surface area contributed by atoms with Gasteiger partial charge in [0.25, 0.3) is 0 Å². The molecule has 6 nitrogen and oxygen atoms in total. The van der Waals surface area contributed by atoms with Crippen molar-refractivity contribution in [1.82, 2.24) is 9.97 Å². The van der Waals surface area contributed by atoms with Crippen LogP contribution in [0.5, 0.6) is 0 Å². The summed E-state index contributed by atoms with van der Waals surface area (Å²) in [5.74, 6) is 0.759. The maximum Gasteiger partial charge on any atom is 0.413 e. The highest BCUT2D eigenvalue weighted by Gasteiger charge is 2.14. The number of carbonyl (C=O) groups excluding carboxylic acids is 2. The zero-order valence-corrected chi connectivity index (χ0v) is 14.4. The molecular weight excluding hydrogens is 330 g/mol. The second-order valence-electron chi connectivity index (χ2n) is 5.91. The van der Waals surface area contributed by atoms with Gasteiger partial charge in [-0.1, -0.05) is 60.2 Å². The van der Waals surface area contributed by atoms with E-state index in [4.69, 9.17) is 4.74 Å². The number of hydrogen-bond donors (Lipinski definition) is 2. The Hall–Kier alpha value is -3.41. The molecule has 0 saturated carbocycles. The number of carbonyl (C=O) groups is 2.